The molecule has 20 heavy (non-hydrogen) atoms. The van der Waals surface area contributed by atoms with E-state index in [1.165, 1.54) is 23.4 Å². The number of benzene rings is 1. The molecule has 6 heteroatoms. The second-order valence-corrected chi connectivity index (χ2v) is 4.38. The van der Waals surface area contributed by atoms with Crippen LogP contribution in [0.25, 0.3) is 0 Å². The molecule has 0 spiro atoms. The summed E-state index contributed by atoms with van der Waals surface area (Å²) < 4.78 is 0. The average molecular weight is 269 g/mol. The van der Waals surface area contributed by atoms with Crippen molar-refractivity contribution >= 4 is 23.2 Å². The van der Waals surface area contributed by atoms with Crippen molar-refractivity contribution in [3.63, 3.8) is 0 Å². The summed E-state index contributed by atoms with van der Waals surface area (Å²) in [4.78, 5) is 39.9. The number of hydrogen-bond acceptors (Lipinski definition) is 3. The van der Waals surface area contributed by atoms with Gasteiger partial charge in [-0.3, -0.25) is 19.3 Å². The van der Waals surface area contributed by atoms with E-state index in [9.17, 15) is 14.4 Å². The third-order valence-corrected chi connectivity index (χ3v) is 3.07. The number of amides is 2. The van der Waals surface area contributed by atoms with Crippen molar-refractivity contribution in [1.29, 1.82) is 0 Å². The van der Waals surface area contributed by atoms with Crippen LogP contribution in [0.15, 0.2) is 47.5 Å². The first-order chi connectivity index (χ1) is 9.66. The van der Waals surface area contributed by atoms with Crippen LogP contribution in [0.4, 0.5) is 11.4 Å². The van der Waals surface area contributed by atoms with E-state index in [0.29, 0.717) is 11.4 Å². The van der Waals surface area contributed by atoms with Gasteiger partial charge in [0.25, 0.3) is 5.91 Å². The van der Waals surface area contributed by atoms with Gasteiger partial charge in [0.05, 0.1) is 11.4 Å². The van der Waals surface area contributed by atoms with Gasteiger partial charge in [-0.1, -0.05) is 12.1 Å². The molecular weight excluding hydrogens is 258 g/mol. The summed E-state index contributed by atoms with van der Waals surface area (Å²) in [5.74, 6) is -0.779. The van der Waals surface area contributed by atoms with Crippen LogP contribution in [-0.2, 0) is 4.79 Å². The molecule has 0 radical (unpaired) electrons. The topological polar surface area (TPSA) is 82.3 Å². The molecule has 0 unspecified atom stereocenters. The number of carbonyl (C=O) groups excluding carboxylic acids is 2. The molecule has 0 atom stereocenters. The highest BCUT2D eigenvalue weighted by Crippen LogP contribution is 2.29. The number of hydrogen-bond donors (Lipinski definition) is 2. The molecule has 0 saturated heterocycles. The van der Waals surface area contributed by atoms with Crippen LogP contribution in [-0.4, -0.2) is 23.3 Å². The average Bonchev–Trinajstić information content (AvgIpc) is 2.46. The fraction of sp³-hybridized carbons (Fsp3) is 0.0714. The molecule has 100 valence electrons. The zero-order valence-corrected chi connectivity index (χ0v) is 10.4. The Labute approximate surface area is 114 Å². The minimum absolute atomic E-state index is 0.0111. The lowest BCUT2D eigenvalue weighted by atomic mass is 10.1. The van der Waals surface area contributed by atoms with E-state index in [-0.39, 0.29) is 23.4 Å². The van der Waals surface area contributed by atoms with E-state index in [0.717, 1.165) is 0 Å². The van der Waals surface area contributed by atoms with E-state index in [2.05, 4.69) is 10.3 Å². The number of rotatable bonds is 1. The zero-order valence-electron chi connectivity index (χ0n) is 10.4. The van der Waals surface area contributed by atoms with Crippen LogP contribution in [0.1, 0.15) is 10.4 Å². The maximum Gasteiger partial charge on any atom is 0.264 e. The van der Waals surface area contributed by atoms with Crippen LogP contribution >= 0.6 is 0 Å². The van der Waals surface area contributed by atoms with Gasteiger partial charge in [0.15, 0.2) is 5.43 Å². The van der Waals surface area contributed by atoms with E-state index < -0.39 is 5.91 Å². The Morgan fingerprint density at radius 2 is 1.95 bits per heavy atom. The molecule has 3 rings (SSSR count). The minimum atomic E-state index is -0.492. The van der Waals surface area contributed by atoms with Gasteiger partial charge in [-0.2, -0.15) is 0 Å². The predicted octanol–water partition coefficient (Wildman–Crippen LogP) is 0.974. The van der Waals surface area contributed by atoms with Crippen molar-refractivity contribution in [3.8, 4) is 0 Å². The summed E-state index contributed by atoms with van der Waals surface area (Å²) in [5, 5.41) is 2.69. The SMILES string of the molecule is O=C1CN(C(=O)c2c[nH]ccc2=O)c2ccccc2N1. The Bertz CT molecular complexity index is 751. The van der Waals surface area contributed by atoms with Crippen molar-refractivity contribution in [2.75, 3.05) is 16.8 Å². The fourth-order valence-electron chi connectivity index (χ4n) is 2.14. The standard InChI is InChI=1S/C14H11N3O3/c18-12-5-6-15-7-9(12)14(20)17-8-13(19)16-10-3-1-2-4-11(10)17/h1-7H,8H2,(H,15,18)(H,16,19). The van der Waals surface area contributed by atoms with Gasteiger partial charge < -0.3 is 10.3 Å². The van der Waals surface area contributed by atoms with Crippen LogP contribution in [0.3, 0.4) is 0 Å². The van der Waals surface area contributed by atoms with Gasteiger partial charge in [-0.05, 0) is 12.1 Å². The molecule has 2 N–H and O–H groups in total. The first-order valence-corrected chi connectivity index (χ1v) is 6.04. The van der Waals surface area contributed by atoms with E-state index >= 15 is 0 Å². The summed E-state index contributed by atoms with van der Waals surface area (Å²) in [6, 6.07) is 8.25. The molecule has 6 nitrogen and oxygen atoms in total. The van der Waals surface area contributed by atoms with E-state index in [1.54, 1.807) is 24.3 Å². The molecular formula is C14H11N3O3. The molecule has 2 aromatic rings. The normalized spacial score (nSPS) is 13.6. The monoisotopic (exact) mass is 269 g/mol. The maximum absolute atomic E-state index is 12.5. The van der Waals surface area contributed by atoms with Crippen molar-refractivity contribution in [2.45, 2.75) is 0 Å². The highest BCUT2D eigenvalue weighted by atomic mass is 16.2. The van der Waals surface area contributed by atoms with Crippen molar-refractivity contribution in [3.05, 3.63) is 58.5 Å². The number of aromatic nitrogens is 1. The number of carbonyl (C=O) groups is 2. The third-order valence-electron chi connectivity index (χ3n) is 3.07. The molecule has 2 heterocycles. The largest absolute Gasteiger partial charge is 0.367 e. The van der Waals surface area contributed by atoms with Crippen LogP contribution in [0.2, 0.25) is 0 Å². The Balaban J connectivity index is 2.07. The smallest absolute Gasteiger partial charge is 0.264 e. The molecule has 0 fully saturated rings. The van der Waals surface area contributed by atoms with Gasteiger partial charge in [0.1, 0.15) is 12.1 Å². The summed E-state index contributed by atoms with van der Waals surface area (Å²) in [5.41, 5.74) is 0.777. The van der Waals surface area contributed by atoms with Gasteiger partial charge in [-0.15, -0.1) is 0 Å². The van der Waals surface area contributed by atoms with Crippen LogP contribution < -0.4 is 15.6 Å². The Morgan fingerprint density at radius 3 is 2.75 bits per heavy atom. The summed E-state index contributed by atoms with van der Waals surface area (Å²) >= 11 is 0. The number of fused-ring (bicyclic) bond motifs is 1. The molecule has 1 aromatic heterocycles. The molecule has 0 aliphatic carbocycles. The number of nitrogens with zero attached hydrogens (tertiary/aromatic N) is 1. The molecule has 1 aliphatic rings. The lowest BCUT2D eigenvalue weighted by Gasteiger charge is -2.28. The molecule has 0 bridgehead atoms. The van der Waals surface area contributed by atoms with Gasteiger partial charge in [0, 0.05) is 18.5 Å². The van der Waals surface area contributed by atoms with E-state index in [1.807, 2.05) is 0 Å². The number of nitrogens with one attached hydrogen (secondary N) is 2. The Morgan fingerprint density at radius 1 is 1.15 bits per heavy atom. The fourth-order valence-corrected chi connectivity index (χ4v) is 2.14. The third kappa shape index (κ3) is 1.97. The number of aromatic amines is 1. The summed E-state index contributed by atoms with van der Waals surface area (Å²) in [6.45, 7) is -0.107. The maximum atomic E-state index is 12.5. The van der Waals surface area contributed by atoms with Crippen molar-refractivity contribution in [2.24, 2.45) is 0 Å². The second kappa shape index (κ2) is 4.65. The first-order valence-electron chi connectivity index (χ1n) is 6.04. The minimum Gasteiger partial charge on any atom is -0.367 e. The lowest BCUT2D eigenvalue weighted by molar-refractivity contribution is -0.115. The van der Waals surface area contributed by atoms with Crippen molar-refractivity contribution in [1.82, 2.24) is 4.98 Å². The molecule has 0 saturated carbocycles. The predicted molar refractivity (Wildman–Crippen MR) is 73.8 cm³/mol. The Kier molecular flexibility index (Phi) is 2.83. The van der Waals surface area contributed by atoms with Crippen molar-refractivity contribution < 1.29 is 9.59 Å². The second-order valence-electron chi connectivity index (χ2n) is 4.38. The highest BCUT2D eigenvalue weighted by molar-refractivity contribution is 6.14. The molecule has 1 aromatic carbocycles. The molecule has 1 aliphatic heterocycles. The quantitative estimate of drug-likeness (QED) is 0.809. The number of pyridine rings is 1. The van der Waals surface area contributed by atoms with Crippen LogP contribution in [0.5, 0.6) is 0 Å². The zero-order chi connectivity index (χ0) is 14.1. The highest BCUT2D eigenvalue weighted by Gasteiger charge is 2.28. The first kappa shape index (κ1) is 12.2. The number of para-hydroxylation sites is 2. The summed E-state index contributed by atoms with van der Waals surface area (Å²) in [7, 11) is 0. The lowest BCUT2D eigenvalue weighted by Crippen LogP contribution is -2.43. The number of H-pyrrole nitrogens is 1. The number of anilines is 2. The van der Waals surface area contributed by atoms with Gasteiger partial charge >= 0.3 is 0 Å². The van der Waals surface area contributed by atoms with Gasteiger partial charge in [-0.25, -0.2) is 0 Å². The summed E-state index contributed by atoms with van der Waals surface area (Å²) in [6.07, 6.45) is 2.80. The Hall–Kier alpha value is -2.89. The van der Waals surface area contributed by atoms with E-state index in [4.69, 9.17) is 0 Å². The van der Waals surface area contributed by atoms with Gasteiger partial charge in [0.2, 0.25) is 5.91 Å². The van der Waals surface area contributed by atoms with Crippen LogP contribution in [0, 0.1) is 0 Å². The molecule has 2 amide bonds.